The Balaban J connectivity index is 0.000000331. The number of halogens is 3. The van der Waals surface area contributed by atoms with E-state index in [4.69, 9.17) is 13.0 Å². The molecule has 1 unspecified atom stereocenters. The van der Waals surface area contributed by atoms with Crippen LogP contribution in [0.4, 0.5) is 13.2 Å². The summed E-state index contributed by atoms with van der Waals surface area (Å²) in [5.74, 6) is 2.13. The van der Waals surface area contributed by atoms with Gasteiger partial charge in [0, 0.05) is 5.92 Å². The quantitative estimate of drug-likeness (QED) is 0.362. The predicted octanol–water partition coefficient (Wildman–Crippen LogP) is -0.343. The molecule has 0 aromatic heterocycles. The second-order valence-corrected chi connectivity index (χ2v) is 7.65. The fourth-order valence-corrected chi connectivity index (χ4v) is 3.40. The van der Waals surface area contributed by atoms with Gasteiger partial charge in [-0.2, -0.15) is 13.2 Å². The van der Waals surface area contributed by atoms with Crippen molar-refractivity contribution in [3.05, 3.63) is 0 Å². The molecule has 0 radical (unpaired) electrons. The van der Waals surface area contributed by atoms with Gasteiger partial charge in [0.1, 0.15) is 17.6 Å². The number of hydrogen-bond acceptors (Lipinski definition) is 5. The van der Waals surface area contributed by atoms with E-state index in [2.05, 4.69) is 6.26 Å². The van der Waals surface area contributed by atoms with Gasteiger partial charge in [-0.1, -0.05) is 6.92 Å². The molecule has 0 amide bonds. The molecule has 2 N–H and O–H groups in total. The van der Waals surface area contributed by atoms with Crippen molar-refractivity contribution >= 4 is 21.0 Å². The van der Waals surface area contributed by atoms with Gasteiger partial charge in [-0.3, -0.25) is 0 Å². The van der Waals surface area contributed by atoms with Gasteiger partial charge in [0.15, 0.2) is 10.1 Å². The maximum absolute atomic E-state index is 10.7. The molecule has 0 aromatic rings. The molecule has 1 heterocycles. The largest absolute Gasteiger partial charge is 0.741 e. The fourth-order valence-electron chi connectivity index (χ4n) is 1.38. The lowest BCUT2D eigenvalue weighted by Gasteiger charge is -2.27. The molecule has 1 fully saturated rings. The summed E-state index contributed by atoms with van der Waals surface area (Å²) >= 11 is 0. The maximum Gasteiger partial charge on any atom is 0.485 e. The van der Waals surface area contributed by atoms with Gasteiger partial charge in [0.2, 0.25) is 0 Å². The van der Waals surface area contributed by atoms with E-state index >= 15 is 0 Å². The highest BCUT2D eigenvalue weighted by Gasteiger charge is 2.37. The van der Waals surface area contributed by atoms with Crippen LogP contribution < -0.4 is 0 Å². The van der Waals surface area contributed by atoms with Crippen molar-refractivity contribution in [3.63, 3.8) is 0 Å². The van der Waals surface area contributed by atoms with Crippen molar-refractivity contribution in [2.75, 3.05) is 17.8 Å². The zero-order chi connectivity index (χ0) is 14.7. The molecular formula is C8H15F3O5S2. The summed E-state index contributed by atoms with van der Waals surface area (Å²) in [7, 11) is -5.77. The van der Waals surface area contributed by atoms with Crippen LogP contribution in [0.1, 0.15) is 6.92 Å². The Morgan fingerprint density at radius 3 is 1.94 bits per heavy atom. The Morgan fingerprint density at radius 1 is 1.28 bits per heavy atom. The lowest BCUT2D eigenvalue weighted by molar-refractivity contribution is -0.0517. The van der Waals surface area contributed by atoms with Gasteiger partial charge in [-0.15, -0.1) is 0 Å². The third-order valence-electron chi connectivity index (χ3n) is 2.26. The highest BCUT2D eigenvalue weighted by atomic mass is 32.2. The molecular weight excluding hydrogens is 297 g/mol. The summed E-state index contributed by atoms with van der Waals surface area (Å²) in [6, 6.07) is 0. The van der Waals surface area contributed by atoms with Crippen molar-refractivity contribution in [2.45, 2.75) is 24.6 Å². The van der Waals surface area contributed by atoms with E-state index in [1.807, 2.05) is 6.92 Å². The molecule has 4 atom stereocenters. The summed E-state index contributed by atoms with van der Waals surface area (Å²) in [6.45, 7) is 2.00. The molecule has 0 spiro atoms. The fraction of sp³-hybridized carbons (Fsp3) is 1.00. The van der Waals surface area contributed by atoms with Crippen LogP contribution >= 0.6 is 0 Å². The first-order valence-corrected chi connectivity index (χ1v) is 8.21. The summed E-state index contributed by atoms with van der Waals surface area (Å²) in [6.07, 6.45) is 1.19. The summed E-state index contributed by atoms with van der Waals surface area (Å²) in [5.41, 5.74) is -5.65. The molecule has 1 aliphatic rings. The average molecular weight is 312 g/mol. The monoisotopic (exact) mass is 312 g/mol. The van der Waals surface area contributed by atoms with Gasteiger partial charge in [-0.05, 0) is 10.9 Å². The Hall–Kier alpha value is -0.0300. The normalized spacial score (nSPS) is 33.6. The zero-order valence-electron chi connectivity index (χ0n) is 9.72. The van der Waals surface area contributed by atoms with Gasteiger partial charge >= 0.3 is 5.51 Å². The number of rotatable bonds is 0. The minimum absolute atomic E-state index is 0.275. The standard InChI is InChI=1S/C7H15O2S.CHF3O3S/c1-5-3-10(2)4-6(8)7(5)9;2-1(3,4)8(5,6)7/h5-9H,3-4H2,1-2H3;(H,5,6,7)/q+1;/p-1/t5-,6+,7-,10?;/m1./s1. The lowest BCUT2D eigenvalue weighted by Crippen LogP contribution is -2.45. The van der Waals surface area contributed by atoms with Crippen LogP contribution in [0.2, 0.25) is 0 Å². The van der Waals surface area contributed by atoms with Gasteiger partial charge < -0.3 is 14.8 Å². The molecule has 0 saturated carbocycles. The van der Waals surface area contributed by atoms with E-state index in [1.165, 1.54) is 0 Å². The predicted molar refractivity (Wildman–Crippen MR) is 60.0 cm³/mol. The number of hydrogen-bond donors (Lipinski definition) is 2. The van der Waals surface area contributed by atoms with Crippen LogP contribution in [-0.2, 0) is 21.0 Å². The van der Waals surface area contributed by atoms with Crippen molar-refractivity contribution in [2.24, 2.45) is 5.92 Å². The summed E-state index contributed by atoms with van der Waals surface area (Å²) < 4.78 is 58.9. The Bertz CT molecular complexity index is 344. The Morgan fingerprint density at radius 2 is 1.67 bits per heavy atom. The molecule has 1 rings (SSSR count). The molecule has 1 aliphatic heterocycles. The zero-order valence-corrected chi connectivity index (χ0v) is 11.3. The van der Waals surface area contributed by atoms with E-state index in [0.717, 1.165) is 11.5 Å². The summed E-state index contributed by atoms with van der Waals surface area (Å²) in [4.78, 5) is 0. The first-order chi connectivity index (χ1) is 7.86. The van der Waals surface area contributed by atoms with Crippen molar-refractivity contribution in [3.8, 4) is 0 Å². The van der Waals surface area contributed by atoms with E-state index in [0.29, 0.717) is 10.9 Å². The molecule has 10 heteroatoms. The Kier molecular flexibility index (Phi) is 6.41. The van der Waals surface area contributed by atoms with E-state index in [9.17, 15) is 23.4 Å². The minimum atomic E-state index is -6.09. The van der Waals surface area contributed by atoms with E-state index in [-0.39, 0.29) is 5.92 Å². The van der Waals surface area contributed by atoms with Crippen LogP contribution in [0.5, 0.6) is 0 Å². The minimum Gasteiger partial charge on any atom is -0.741 e. The molecule has 110 valence electrons. The molecule has 5 nitrogen and oxygen atoms in total. The first-order valence-electron chi connectivity index (χ1n) is 4.83. The smallest absolute Gasteiger partial charge is 0.485 e. The lowest BCUT2D eigenvalue weighted by atomic mass is 10.0. The van der Waals surface area contributed by atoms with Crippen LogP contribution in [0, 0.1) is 5.92 Å². The van der Waals surface area contributed by atoms with Gasteiger partial charge in [0.25, 0.3) is 0 Å². The third kappa shape index (κ3) is 5.74. The van der Waals surface area contributed by atoms with Crippen molar-refractivity contribution in [1.29, 1.82) is 0 Å². The van der Waals surface area contributed by atoms with Crippen molar-refractivity contribution in [1.82, 2.24) is 0 Å². The molecule has 0 aromatic carbocycles. The van der Waals surface area contributed by atoms with Crippen LogP contribution in [0.15, 0.2) is 0 Å². The van der Waals surface area contributed by atoms with Crippen LogP contribution in [-0.4, -0.2) is 58.7 Å². The molecule has 18 heavy (non-hydrogen) atoms. The van der Waals surface area contributed by atoms with E-state index in [1.54, 1.807) is 0 Å². The molecule has 0 aliphatic carbocycles. The third-order valence-corrected chi connectivity index (χ3v) is 4.84. The average Bonchev–Trinajstić information content (AvgIpc) is 2.11. The van der Waals surface area contributed by atoms with E-state index < -0.39 is 27.8 Å². The van der Waals surface area contributed by atoms with Crippen LogP contribution in [0.25, 0.3) is 0 Å². The highest BCUT2D eigenvalue weighted by Crippen LogP contribution is 2.20. The molecule has 1 saturated heterocycles. The second kappa shape index (κ2) is 6.42. The molecule has 0 bridgehead atoms. The van der Waals surface area contributed by atoms with Crippen molar-refractivity contribution < 1.29 is 36.4 Å². The number of alkyl halides is 3. The second-order valence-electron chi connectivity index (χ2n) is 4.05. The van der Waals surface area contributed by atoms with Crippen LogP contribution in [0.3, 0.4) is 0 Å². The van der Waals surface area contributed by atoms with Gasteiger partial charge in [-0.25, -0.2) is 8.42 Å². The maximum atomic E-state index is 10.7. The highest BCUT2D eigenvalue weighted by molar-refractivity contribution is 7.96. The topological polar surface area (TPSA) is 97.7 Å². The number of aliphatic hydroxyl groups is 2. The first kappa shape index (κ1) is 18.0. The van der Waals surface area contributed by atoms with Gasteiger partial charge in [0.05, 0.1) is 12.4 Å². The summed E-state index contributed by atoms with van der Waals surface area (Å²) in [5, 5.41) is 18.6. The Labute approximate surface area is 106 Å². The SMILES string of the molecule is C[C@@H]1C[S+](C)C[C@H](O)[C@@H]1O.O=S(=O)([O-])C(F)(F)F. The number of aliphatic hydroxyl groups excluding tert-OH is 2.